The molecule has 212 valence electrons. The molecule has 2 aromatic heterocycles. The maximum atomic E-state index is 13.1. The molecule has 40 heavy (non-hydrogen) atoms. The second kappa shape index (κ2) is 10.7. The molecule has 1 unspecified atom stereocenters. The van der Waals surface area contributed by atoms with Gasteiger partial charge >= 0.3 is 18.3 Å². The Morgan fingerprint density at radius 1 is 0.975 bits per heavy atom. The van der Waals surface area contributed by atoms with Crippen molar-refractivity contribution in [3.8, 4) is 11.4 Å². The molecule has 0 saturated carbocycles. The highest BCUT2D eigenvalue weighted by atomic mass is 19.4. The smallest absolute Gasteiger partial charge is 0.471 e. The Balaban J connectivity index is 1.73. The number of carbonyl (C=O) groups excluding carboxylic acids is 1. The van der Waals surface area contributed by atoms with Crippen LogP contribution < -0.4 is 15.6 Å². The van der Waals surface area contributed by atoms with Gasteiger partial charge in [0.1, 0.15) is 11.9 Å². The highest BCUT2D eigenvalue weighted by Crippen LogP contribution is 2.34. The van der Waals surface area contributed by atoms with Crippen molar-refractivity contribution in [2.45, 2.75) is 38.3 Å². The molecular formula is C27H24F6N4O3. The number of aromatic nitrogens is 3. The van der Waals surface area contributed by atoms with E-state index in [1.807, 2.05) is 5.32 Å². The van der Waals surface area contributed by atoms with Crippen LogP contribution in [0.5, 0.6) is 5.75 Å². The number of amides is 1. The van der Waals surface area contributed by atoms with E-state index in [1.165, 1.54) is 22.9 Å². The molecule has 0 fully saturated rings. The largest absolute Gasteiger partial charge is 0.484 e. The number of hydrogen-bond donors (Lipinski definition) is 1. The lowest BCUT2D eigenvalue weighted by Crippen LogP contribution is -2.49. The molecule has 0 bridgehead atoms. The van der Waals surface area contributed by atoms with Gasteiger partial charge < -0.3 is 14.6 Å². The minimum Gasteiger partial charge on any atom is -0.484 e. The molecule has 4 rings (SSSR count). The van der Waals surface area contributed by atoms with Gasteiger partial charge in [0, 0.05) is 24.7 Å². The number of alkyl halides is 6. The minimum absolute atomic E-state index is 0.134. The van der Waals surface area contributed by atoms with E-state index in [9.17, 15) is 35.9 Å². The van der Waals surface area contributed by atoms with Crippen LogP contribution in [-0.4, -0.2) is 32.5 Å². The van der Waals surface area contributed by atoms with Gasteiger partial charge in [-0.2, -0.15) is 31.4 Å². The first-order valence-corrected chi connectivity index (χ1v) is 12.0. The van der Waals surface area contributed by atoms with Gasteiger partial charge in [0.15, 0.2) is 0 Å². The van der Waals surface area contributed by atoms with E-state index >= 15 is 0 Å². The van der Waals surface area contributed by atoms with Crippen molar-refractivity contribution in [3.05, 3.63) is 88.5 Å². The zero-order valence-corrected chi connectivity index (χ0v) is 21.4. The van der Waals surface area contributed by atoms with Crippen molar-refractivity contribution in [2.24, 2.45) is 13.0 Å². The monoisotopic (exact) mass is 566 g/mol. The van der Waals surface area contributed by atoms with Crippen molar-refractivity contribution in [1.82, 2.24) is 19.7 Å². The Bertz CT molecular complexity index is 1570. The lowest BCUT2D eigenvalue weighted by atomic mass is 9.92. The van der Waals surface area contributed by atoms with Gasteiger partial charge in [-0.3, -0.25) is 9.59 Å². The summed E-state index contributed by atoms with van der Waals surface area (Å²) in [7, 11) is 1.59. The summed E-state index contributed by atoms with van der Waals surface area (Å²) in [5.74, 6) is -2.61. The second-order valence-electron chi connectivity index (χ2n) is 9.51. The molecule has 0 saturated heterocycles. The van der Waals surface area contributed by atoms with Gasteiger partial charge in [-0.1, -0.05) is 26.0 Å². The molecular weight excluding hydrogens is 542 g/mol. The fraction of sp³-hybridized carbons (Fsp3) is 0.296. The number of nitrogens with one attached hydrogen (secondary N) is 1. The van der Waals surface area contributed by atoms with Gasteiger partial charge in [0.25, 0.3) is 0 Å². The van der Waals surface area contributed by atoms with E-state index in [1.54, 1.807) is 50.0 Å². The van der Waals surface area contributed by atoms with Crippen molar-refractivity contribution >= 4 is 16.8 Å². The third-order valence-electron chi connectivity index (χ3n) is 6.28. The number of carbonyl (C=O) groups is 1. The highest BCUT2D eigenvalue weighted by Gasteiger charge is 2.42. The van der Waals surface area contributed by atoms with Crippen molar-refractivity contribution in [2.75, 3.05) is 0 Å². The summed E-state index contributed by atoms with van der Waals surface area (Å²) in [6.45, 7) is 3.12. The summed E-state index contributed by atoms with van der Waals surface area (Å²) in [6.07, 6.45) is -7.95. The van der Waals surface area contributed by atoms with E-state index in [-0.39, 0.29) is 16.9 Å². The normalized spacial score (nSPS) is 13.8. The molecule has 0 spiro atoms. The molecule has 0 radical (unpaired) electrons. The van der Waals surface area contributed by atoms with Crippen molar-refractivity contribution in [3.63, 3.8) is 0 Å². The summed E-state index contributed by atoms with van der Waals surface area (Å²) >= 11 is 0. The predicted molar refractivity (Wildman–Crippen MR) is 134 cm³/mol. The number of ether oxygens (including phenoxy) is 1. The number of benzene rings is 2. The molecule has 2 heterocycles. The van der Waals surface area contributed by atoms with Crippen LogP contribution in [0.2, 0.25) is 0 Å². The highest BCUT2D eigenvalue weighted by molar-refractivity contribution is 5.82. The van der Waals surface area contributed by atoms with Gasteiger partial charge in [0.2, 0.25) is 5.56 Å². The zero-order chi connectivity index (χ0) is 29.4. The SMILES string of the molecule is CC(C)C(NC(=O)C(F)(F)F)[C@H](Oc1ccc2c(cnn2-c2ccc(=O)n(C)c2)c1)c1ccc(C(F)(F)F)cc1. The zero-order valence-electron chi connectivity index (χ0n) is 21.4. The summed E-state index contributed by atoms with van der Waals surface area (Å²) in [5.41, 5.74) is 0.214. The minimum atomic E-state index is -5.17. The fourth-order valence-corrected chi connectivity index (χ4v) is 4.18. The van der Waals surface area contributed by atoms with Crippen LogP contribution in [0.3, 0.4) is 0 Å². The van der Waals surface area contributed by atoms with Crippen LogP contribution >= 0.6 is 0 Å². The summed E-state index contributed by atoms with van der Waals surface area (Å²) in [4.78, 5) is 23.6. The van der Waals surface area contributed by atoms with E-state index in [0.717, 1.165) is 24.3 Å². The van der Waals surface area contributed by atoms with E-state index in [0.29, 0.717) is 16.6 Å². The van der Waals surface area contributed by atoms with Gasteiger partial charge in [-0.15, -0.1) is 0 Å². The van der Waals surface area contributed by atoms with Gasteiger partial charge in [-0.05, 0) is 47.9 Å². The summed E-state index contributed by atoms with van der Waals surface area (Å²) in [6, 6.07) is 10.3. The Morgan fingerprint density at radius 2 is 1.65 bits per heavy atom. The molecule has 2 aromatic carbocycles. The first-order chi connectivity index (χ1) is 18.6. The number of hydrogen-bond acceptors (Lipinski definition) is 4. The third-order valence-corrected chi connectivity index (χ3v) is 6.28. The Hall–Kier alpha value is -4.29. The molecule has 2 atom stereocenters. The molecule has 13 heteroatoms. The van der Waals surface area contributed by atoms with E-state index < -0.39 is 41.9 Å². The Labute approximate surface area is 224 Å². The number of fused-ring (bicyclic) bond motifs is 1. The Morgan fingerprint density at radius 3 is 2.23 bits per heavy atom. The number of pyridine rings is 1. The standard InChI is InChI=1S/C27H24F6N4O3/c1-15(2)23(35-25(39)27(31,32)33)24(16-4-6-18(7-5-16)26(28,29)30)40-20-9-10-21-17(12-20)13-34-37(21)19-8-11-22(38)36(3)14-19/h4-15,23-24H,1-3H3,(H,35,39)/t23?,24-/m1/s1. The average molecular weight is 567 g/mol. The lowest BCUT2D eigenvalue weighted by molar-refractivity contribution is -0.175. The van der Waals surface area contributed by atoms with Crippen LogP contribution in [0.15, 0.2) is 71.8 Å². The molecule has 1 N–H and O–H groups in total. The topological polar surface area (TPSA) is 78.2 Å². The molecule has 4 aromatic rings. The fourth-order valence-electron chi connectivity index (χ4n) is 4.18. The summed E-state index contributed by atoms with van der Waals surface area (Å²) in [5, 5.41) is 6.85. The molecule has 0 aliphatic carbocycles. The van der Waals surface area contributed by atoms with Crippen LogP contribution in [0.4, 0.5) is 26.3 Å². The number of rotatable bonds is 7. The van der Waals surface area contributed by atoms with E-state index in [4.69, 9.17) is 4.74 Å². The molecule has 7 nitrogen and oxygen atoms in total. The number of halogens is 6. The quantitative estimate of drug-likeness (QED) is 0.297. The molecule has 0 aliphatic rings. The van der Waals surface area contributed by atoms with Crippen LogP contribution in [0.25, 0.3) is 16.6 Å². The first kappa shape index (κ1) is 28.7. The number of aryl methyl sites for hydroxylation is 1. The van der Waals surface area contributed by atoms with Gasteiger partial charge in [-0.25, -0.2) is 4.68 Å². The summed E-state index contributed by atoms with van der Waals surface area (Å²) < 4.78 is 87.8. The Kier molecular flexibility index (Phi) is 7.68. The lowest BCUT2D eigenvalue weighted by Gasteiger charge is -2.32. The van der Waals surface area contributed by atoms with Crippen molar-refractivity contribution < 1.29 is 35.9 Å². The number of nitrogens with zero attached hydrogens (tertiary/aromatic N) is 3. The second-order valence-corrected chi connectivity index (χ2v) is 9.51. The maximum absolute atomic E-state index is 13.1. The third kappa shape index (κ3) is 6.13. The maximum Gasteiger partial charge on any atom is 0.471 e. The van der Waals surface area contributed by atoms with Crippen LogP contribution in [0.1, 0.15) is 31.1 Å². The average Bonchev–Trinajstić information content (AvgIpc) is 3.29. The van der Waals surface area contributed by atoms with Crippen LogP contribution in [0, 0.1) is 5.92 Å². The van der Waals surface area contributed by atoms with Crippen LogP contribution in [-0.2, 0) is 18.0 Å². The molecule has 0 aliphatic heterocycles. The first-order valence-electron chi connectivity index (χ1n) is 12.0. The van der Waals surface area contributed by atoms with Crippen molar-refractivity contribution in [1.29, 1.82) is 0 Å². The predicted octanol–water partition coefficient (Wildman–Crippen LogP) is 5.57. The van der Waals surface area contributed by atoms with Gasteiger partial charge in [0.05, 0.1) is 29.0 Å². The van der Waals surface area contributed by atoms with E-state index in [2.05, 4.69) is 5.10 Å². The molecule has 1 amide bonds.